The van der Waals surface area contributed by atoms with Crippen LogP contribution >= 0.6 is 15.9 Å². The Labute approximate surface area is 122 Å². The van der Waals surface area contributed by atoms with Crippen molar-refractivity contribution in [2.24, 2.45) is 11.3 Å². The smallest absolute Gasteiger partial charge is 0.248 e. The molecular weight excluding hydrogens is 316 g/mol. The summed E-state index contributed by atoms with van der Waals surface area (Å²) >= 11 is 3.38. The Kier molecular flexibility index (Phi) is 5.78. The molecular formula is C14H24BrF2NO. The Morgan fingerprint density at radius 1 is 1.47 bits per heavy atom. The number of halogens is 3. The Bertz CT molecular complexity index is 315. The lowest BCUT2D eigenvalue weighted by Crippen LogP contribution is -2.47. The zero-order chi connectivity index (χ0) is 14.7. The molecule has 0 aromatic carbocycles. The summed E-state index contributed by atoms with van der Waals surface area (Å²) in [6, 6.07) is 0.00919. The van der Waals surface area contributed by atoms with Crippen LogP contribution in [0.5, 0.6) is 0 Å². The molecule has 1 amide bonds. The van der Waals surface area contributed by atoms with Crippen LogP contribution < -0.4 is 5.32 Å². The van der Waals surface area contributed by atoms with Crippen molar-refractivity contribution < 1.29 is 13.6 Å². The standard InChI is InChI=1S/C14H24BrF2NO/c1-13(2,3)11(6-8-15)18-12(19)10-5-4-7-14(16,17)9-10/h10-11H,4-9H2,1-3H3,(H,18,19). The van der Waals surface area contributed by atoms with Gasteiger partial charge in [0.1, 0.15) is 0 Å². The maximum absolute atomic E-state index is 13.3. The largest absolute Gasteiger partial charge is 0.353 e. The number of carbonyl (C=O) groups excluding carboxylic acids is 1. The van der Waals surface area contributed by atoms with Crippen LogP contribution in [-0.4, -0.2) is 23.2 Å². The number of amides is 1. The molecule has 5 heteroatoms. The Morgan fingerprint density at radius 2 is 2.11 bits per heavy atom. The van der Waals surface area contributed by atoms with Crippen molar-refractivity contribution in [2.45, 2.75) is 64.8 Å². The molecule has 2 atom stereocenters. The zero-order valence-electron chi connectivity index (χ0n) is 11.9. The third kappa shape index (κ3) is 5.36. The van der Waals surface area contributed by atoms with Crippen molar-refractivity contribution in [1.82, 2.24) is 5.32 Å². The highest BCUT2D eigenvalue weighted by Gasteiger charge is 2.40. The lowest BCUT2D eigenvalue weighted by Gasteiger charge is -2.34. The summed E-state index contributed by atoms with van der Waals surface area (Å²) in [7, 11) is 0. The van der Waals surface area contributed by atoms with Crippen molar-refractivity contribution >= 4 is 21.8 Å². The zero-order valence-corrected chi connectivity index (χ0v) is 13.5. The van der Waals surface area contributed by atoms with E-state index in [0.717, 1.165) is 11.8 Å². The van der Waals surface area contributed by atoms with Gasteiger partial charge in [0.2, 0.25) is 11.8 Å². The summed E-state index contributed by atoms with van der Waals surface area (Å²) in [6.07, 6.45) is 1.43. The lowest BCUT2D eigenvalue weighted by atomic mass is 9.82. The van der Waals surface area contributed by atoms with Crippen LogP contribution in [0, 0.1) is 11.3 Å². The highest BCUT2D eigenvalue weighted by molar-refractivity contribution is 9.09. The van der Waals surface area contributed by atoms with Crippen molar-refractivity contribution in [2.75, 3.05) is 5.33 Å². The number of alkyl halides is 3. The van der Waals surface area contributed by atoms with E-state index in [1.54, 1.807) is 0 Å². The number of nitrogens with one attached hydrogen (secondary N) is 1. The summed E-state index contributed by atoms with van der Waals surface area (Å²) < 4.78 is 26.7. The number of rotatable bonds is 4. The highest BCUT2D eigenvalue weighted by Crippen LogP contribution is 2.37. The van der Waals surface area contributed by atoms with E-state index in [-0.39, 0.29) is 30.2 Å². The molecule has 2 unspecified atom stereocenters. The molecule has 112 valence electrons. The molecule has 0 saturated heterocycles. The van der Waals surface area contributed by atoms with Crippen molar-refractivity contribution in [3.05, 3.63) is 0 Å². The van der Waals surface area contributed by atoms with Crippen LogP contribution in [0.4, 0.5) is 8.78 Å². The van der Waals surface area contributed by atoms with Crippen molar-refractivity contribution in [3.63, 3.8) is 0 Å². The number of hydrogen-bond acceptors (Lipinski definition) is 1. The first kappa shape index (κ1) is 16.9. The summed E-state index contributed by atoms with van der Waals surface area (Å²) in [5, 5.41) is 3.75. The Balaban J connectivity index is 2.61. The van der Waals surface area contributed by atoms with Crippen LogP contribution in [-0.2, 0) is 4.79 Å². The molecule has 1 fully saturated rings. The van der Waals surface area contributed by atoms with Gasteiger partial charge < -0.3 is 5.32 Å². The van der Waals surface area contributed by atoms with E-state index >= 15 is 0 Å². The number of hydrogen-bond donors (Lipinski definition) is 1. The molecule has 19 heavy (non-hydrogen) atoms. The van der Waals surface area contributed by atoms with Gasteiger partial charge >= 0.3 is 0 Å². The van der Waals surface area contributed by atoms with Gasteiger partial charge in [0.25, 0.3) is 0 Å². The van der Waals surface area contributed by atoms with Gasteiger partial charge in [-0.2, -0.15) is 0 Å². The molecule has 0 aliphatic heterocycles. The SMILES string of the molecule is CC(C)(C)C(CCBr)NC(=O)C1CCCC(F)(F)C1. The molecule has 0 spiro atoms. The summed E-state index contributed by atoms with van der Waals surface area (Å²) in [5.74, 6) is -3.42. The molecule has 1 rings (SSSR count). The average molecular weight is 340 g/mol. The van der Waals surface area contributed by atoms with E-state index in [4.69, 9.17) is 0 Å². The van der Waals surface area contributed by atoms with Crippen LogP contribution in [0.1, 0.15) is 52.9 Å². The fourth-order valence-electron chi connectivity index (χ4n) is 2.52. The minimum Gasteiger partial charge on any atom is -0.353 e. The van der Waals surface area contributed by atoms with E-state index < -0.39 is 11.8 Å². The number of carbonyl (C=O) groups is 1. The second-order valence-corrected chi connectivity index (χ2v) is 7.35. The van der Waals surface area contributed by atoms with Gasteiger partial charge in [0.15, 0.2) is 0 Å². The normalized spacial score (nSPS) is 24.8. The van der Waals surface area contributed by atoms with Gasteiger partial charge in [-0.1, -0.05) is 36.7 Å². The lowest BCUT2D eigenvalue weighted by molar-refractivity contribution is -0.133. The van der Waals surface area contributed by atoms with Crippen molar-refractivity contribution in [1.29, 1.82) is 0 Å². The van der Waals surface area contributed by atoms with E-state index in [9.17, 15) is 13.6 Å². The molecule has 0 aromatic heterocycles. The van der Waals surface area contributed by atoms with E-state index in [1.165, 1.54) is 0 Å². The van der Waals surface area contributed by atoms with Crippen LogP contribution in [0.15, 0.2) is 0 Å². The van der Waals surface area contributed by atoms with E-state index in [1.807, 2.05) is 0 Å². The maximum Gasteiger partial charge on any atom is 0.248 e. The summed E-state index contributed by atoms with van der Waals surface area (Å²) in [5.41, 5.74) is -0.0688. The predicted octanol–water partition coefficient (Wildman–Crippen LogP) is 4.13. The molecule has 0 heterocycles. The van der Waals surface area contributed by atoms with Gasteiger partial charge in [0, 0.05) is 30.1 Å². The van der Waals surface area contributed by atoms with Crippen LogP contribution in [0.25, 0.3) is 0 Å². The molecule has 2 nitrogen and oxygen atoms in total. The Hall–Kier alpha value is -0.190. The minimum absolute atomic E-state index is 0.00919. The second kappa shape index (κ2) is 6.51. The fourth-order valence-corrected chi connectivity index (χ4v) is 2.97. The predicted molar refractivity (Wildman–Crippen MR) is 76.7 cm³/mol. The molecule has 0 aromatic rings. The van der Waals surface area contributed by atoms with Crippen LogP contribution in [0.3, 0.4) is 0 Å². The van der Waals surface area contributed by atoms with Gasteiger partial charge in [-0.25, -0.2) is 8.78 Å². The molecule has 1 N–H and O–H groups in total. The van der Waals surface area contributed by atoms with Gasteiger partial charge in [-0.15, -0.1) is 0 Å². The third-order valence-electron chi connectivity index (χ3n) is 3.77. The van der Waals surface area contributed by atoms with Gasteiger partial charge in [-0.05, 0) is 24.7 Å². The molecule has 1 saturated carbocycles. The summed E-state index contributed by atoms with van der Waals surface area (Å²) in [6.45, 7) is 6.16. The van der Waals surface area contributed by atoms with E-state index in [0.29, 0.717) is 12.8 Å². The minimum atomic E-state index is -2.67. The monoisotopic (exact) mass is 339 g/mol. The topological polar surface area (TPSA) is 29.1 Å². The quantitative estimate of drug-likeness (QED) is 0.766. The highest BCUT2D eigenvalue weighted by atomic mass is 79.9. The summed E-state index contributed by atoms with van der Waals surface area (Å²) in [4.78, 5) is 12.2. The van der Waals surface area contributed by atoms with Crippen molar-refractivity contribution in [3.8, 4) is 0 Å². The third-order valence-corrected chi connectivity index (χ3v) is 4.23. The molecule has 0 radical (unpaired) electrons. The van der Waals surface area contributed by atoms with Gasteiger partial charge in [0.05, 0.1) is 0 Å². The molecule has 1 aliphatic carbocycles. The first-order chi connectivity index (χ1) is 8.65. The van der Waals surface area contributed by atoms with E-state index in [2.05, 4.69) is 42.0 Å². The first-order valence-electron chi connectivity index (χ1n) is 6.90. The first-order valence-corrected chi connectivity index (χ1v) is 8.02. The maximum atomic E-state index is 13.3. The van der Waals surface area contributed by atoms with Gasteiger partial charge in [-0.3, -0.25) is 4.79 Å². The Morgan fingerprint density at radius 3 is 2.58 bits per heavy atom. The fraction of sp³-hybridized carbons (Fsp3) is 0.929. The average Bonchev–Trinajstić information content (AvgIpc) is 2.25. The second-order valence-electron chi connectivity index (χ2n) is 6.55. The molecule has 0 bridgehead atoms. The van der Waals surface area contributed by atoms with Crippen LogP contribution in [0.2, 0.25) is 0 Å². The molecule has 1 aliphatic rings.